The average molecular weight is 666 g/mol. The quantitative estimate of drug-likeness (QED) is 0.0514. The van der Waals surface area contributed by atoms with Crippen molar-refractivity contribution in [3.05, 3.63) is 183 Å². The predicted octanol–water partition coefficient (Wildman–Crippen LogP) is 7.71. The lowest BCUT2D eigenvalue weighted by Gasteiger charge is -2.32. The third-order valence-corrected chi connectivity index (χ3v) is 8.86. The summed E-state index contributed by atoms with van der Waals surface area (Å²) in [6, 6.07) is 45.0. The molecule has 50 heavy (non-hydrogen) atoms. The molecule has 0 aromatic heterocycles. The van der Waals surface area contributed by atoms with Crippen LogP contribution in [-0.4, -0.2) is 42.2 Å². The van der Waals surface area contributed by atoms with Crippen LogP contribution in [0.5, 0.6) is 5.75 Å². The molecule has 0 aliphatic carbocycles. The second-order valence-corrected chi connectivity index (χ2v) is 12.1. The van der Waals surface area contributed by atoms with E-state index in [9.17, 15) is 5.53 Å². The van der Waals surface area contributed by atoms with Gasteiger partial charge in [0, 0.05) is 42.4 Å². The molecule has 0 fully saturated rings. The van der Waals surface area contributed by atoms with E-state index in [0.29, 0.717) is 36.8 Å². The number of rotatable bonds is 15. The standard InChI is InChI=1S/C41H39N5O4/c42-46-44-28-34-19-10-11-20-36(34)38-41(27-30-13-4-1-5-14-30,45-39(50-38)33-21-23-35(24-22-33)49-26-12-25-47)40(48)43-29-37(31-15-6-2-7-16-31)32-17-8-3-9-18-32/h1-11,13-24,37-38,47H,12,25-29H2,(H,43,48)/t38-,41-/m1/s1. The first-order valence-electron chi connectivity index (χ1n) is 16.7. The number of nitrogens with zero attached hydrogens (tertiary/aromatic N) is 4. The highest BCUT2D eigenvalue weighted by atomic mass is 16.5. The Morgan fingerprint density at radius 1 is 0.880 bits per heavy atom. The molecule has 0 bridgehead atoms. The molecule has 1 amide bonds. The van der Waals surface area contributed by atoms with E-state index in [0.717, 1.165) is 27.8 Å². The number of hydrogen-bond acceptors (Lipinski definition) is 6. The van der Waals surface area contributed by atoms with E-state index in [1.54, 1.807) is 0 Å². The molecule has 1 heterocycles. The number of carbonyl (C=O) groups is 1. The molecule has 1 aliphatic heterocycles. The Kier molecular flexibility index (Phi) is 11.2. The van der Waals surface area contributed by atoms with Gasteiger partial charge in [0.25, 0.3) is 5.91 Å². The lowest BCUT2D eigenvalue weighted by Crippen LogP contribution is -2.51. The van der Waals surface area contributed by atoms with Gasteiger partial charge in [0.05, 0.1) is 13.2 Å². The molecule has 252 valence electrons. The fourth-order valence-electron chi connectivity index (χ4n) is 6.35. The van der Waals surface area contributed by atoms with E-state index in [1.807, 2.05) is 115 Å². The van der Waals surface area contributed by atoms with E-state index in [-0.39, 0.29) is 31.4 Å². The van der Waals surface area contributed by atoms with Crippen molar-refractivity contribution in [2.24, 2.45) is 10.1 Å². The number of carbonyl (C=O) groups excluding carboxylic acids is 1. The van der Waals surface area contributed by atoms with E-state index in [1.165, 1.54) is 0 Å². The van der Waals surface area contributed by atoms with Crippen molar-refractivity contribution in [1.29, 1.82) is 0 Å². The highest BCUT2D eigenvalue weighted by Gasteiger charge is 2.53. The van der Waals surface area contributed by atoms with E-state index in [2.05, 4.69) is 39.6 Å². The molecule has 0 saturated heterocycles. The van der Waals surface area contributed by atoms with Crippen molar-refractivity contribution in [1.82, 2.24) is 5.32 Å². The van der Waals surface area contributed by atoms with Gasteiger partial charge < -0.3 is 19.9 Å². The van der Waals surface area contributed by atoms with Gasteiger partial charge >= 0.3 is 0 Å². The van der Waals surface area contributed by atoms with E-state index in [4.69, 9.17) is 19.6 Å². The minimum atomic E-state index is -1.42. The van der Waals surface area contributed by atoms with E-state index >= 15 is 4.79 Å². The van der Waals surface area contributed by atoms with Crippen molar-refractivity contribution in [3.63, 3.8) is 0 Å². The normalized spacial score (nSPS) is 16.6. The lowest BCUT2D eigenvalue weighted by atomic mass is 9.80. The smallest absolute Gasteiger partial charge is 0.252 e. The number of nitrogens with one attached hydrogen (secondary N) is 1. The lowest BCUT2D eigenvalue weighted by molar-refractivity contribution is -0.129. The summed E-state index contributed by atoms with van der Waals surface area (Å²) in [7, 11) is 0. The van der Waals surface area contributed by atoms with Crippen LogP contribution in [0, 0.1) is 0 Å². The molecule has 5 aromatic rings. The first-order chi connectivity index (χ1) is 24.6. The van der Waals surface area contributed by atoms with Gasteiger partial charge in [0.15, 0.2) is 11.6 Å². The van der Waals surface area contributed by atoms with Crippen LogP contribution in [0.25, 0.3) is 10.4 Å². The highest BCUT2D eigenvalue weighted by molar-refractivity contribution is 6.01. The molecule has 6 rings (SSSR count). The number of hydrogen-bond donors (Lipinski definition) is 2. The maximum Gasteiger partial charge on any atom is 0.252 e. The molecule has 0 radical (unpaired) electrons. The maximum absolute atomic E-state index is 15.0. The summed E-state index contributed by atoms with van der Waals surface area (Å²) < 4.78 is 12.5. The second-order valence-electron chi connectivity index (χ2n) is 12.1. The third-order valence-electron chi connectivity index (χ3n) is 8.86. The Hall–Kier alpha value is -5.89. The van der Waals surface area contributed by atoms with Crippen molar-refractivity contribution in [2.45, 2.75) is 36.9 Å². The minimum Gasteiger partial charge on any atom is -0.494 e. The van der Waals surface area contributed by atoms with Gasteiger partial charge in [-0.15, -0.1) is 0 Å². The number of azide groups is 1. The Labute approximate surface area is 291 Å². The zero-order chi connectivity index (χ0) is 34.6. The SMILES string of the molecule is [N-]=[N+]=NCc1ccccc1[C@H]1OC(c2ccc(OCCCO)cc2)=N[C@@]1(Cc1ccccc1)C(=O)NCC(c1ccccc1)c1ccccc1. The summed E-state index contributed by atoms with van der Waals surface area (Å²) >= 11 is 0. The Morgan fingerprint density at radius 2 is 1.50 bits per heavy atom. The molecule has 2 N–H and O–H groups in total. The third kappa shape index (κ3) is 7.87. The number of amides is 1. The molecule has 2 atom stereocenters. The number of ether oxygens (including phenoxy) is 2. The molecule has 9 nitrogen and oxygen atoms in total. The van der Waals surface area contributed by atoms with Crippen molar-refractivity contribution in [2.75, 3.05) is 19.8 Å². The zero-order valence-electron chi connectivity index (χ0n) is 27.6. The van der Waals surface area contributed by atoms with Crippen molar-refractivity contribution >= 4 is 11.8 Å². The van der Waals surface area contributed by atoms with Crippen LogP contribution in [0.15, 0.2) is 150 Å². The van der Waals surface area contributed by atoms with Gasteiger partial charge in [-0.3, -0.25) is 4.79 Å². The van der Waals surface area contributed by atoms with Crippen LogP contribution in [0.3, 0.4) is 0 Å². The zero-order valence-corrected chi connectivity index (χ0v) is 27.6. The minimum absolute atomic E-state index is 0.0499. The number of aliphatic imine (C=N–C) groups is 1. The maximum atomic E-state index is 15.0. The average Bonchev–Trinajstić information content (AvgIpc) is 3.55. The molecule has 0 spiro atoms. The van der Waals surface area contributed by atoms with Crippen LogP contribution in [0.2, 0.25) is 0 Å². The molecule has 1 aliphatic rings. The van der Waals surface area contributed by atoms with Gasteiger partial charge in [-0.2, -0.15) is 0 Å². The summed E-state index contributed by atoms with van der Waals surface area (Å²) in [5.41, 5.74) is 13.0. The fraction of sp³-hybridized carbons (Fsp3) is 0.220. The number of aliphatic hydroxyl groups excluding tert-OH is 1. The summed E-state index contributed by atoms with van der Waals surface area (Å²) in [6.45, 7) is 0.870. The van der Waals surface area contributed by atoms with Crippen LogP contribution in [0.4, 0.5) is 0 Å². The van der Waals surface area contributed by atoms with Gasteiger partial charge in [-0.05, 0) is 57.6 Å². The molecular weight excluding hydrogens is 626 g/mol. The van der Waals surface area contributed by atoms with Crippen LogP contribution >= 0.6 is 0 Å². The van der Waals surface area contributed by atoms with E-state index < -0.39 is 11.6 Å². The van der Waals surface area contributed by atoms with Crippen molar-refractivity contribution in [3.8, 4) is 5.75 Å². The highest BCUT2D eigenvalue weighted by Crippen LogP contribution is 2.44. The summed E-state index contributed by atoms with van der Waals surface area (Å²) in [4.78, 5) is 23.2. The van der Waals surface area contributed by atoms with Crippen LogP contribution in [0.1, 0.15) is 51.8 Å². The Bertz CT molecular complexity index is 1890. The molecular formula is C41H39N5O4. The summed E-state index contributed by atoms with van der Waals surface area (Å²) in [6.07, 6.45) is -0.0517. The molecule has 0 saturated carbocycles. The van der Waals surface area contributed by atoms with Gasteiger partial charge in [-0.25, -0.2) is 4.99 Å². The number of aliphatic hydroxyl groups is 1. The van der Waals surface area contributed by atoms with Gasteiger partial charge in [0.1, 0.15) is 5.75 Å². The second kappa shape index (κ2) is 16.5. The van der Waals surface area contributed by atoms with Crippen LogP contribution in [-0.2, 0) is 22.5 Å². The monoisotopic (exact) mass is 665 g/mol. The topological polar surface area (TPSA) is 129 Å². The van der Waals surface area contributed by atoms with Gasteiger partial charge in [-0.1, -0.05) is 120 Å². The Balaban J connectivity index is 1.43. The first-order valence-corrected chi connectivity index (χ1v) is 16.7. The summed E-state index contributed by atoms with van der Waals surface area (Å²) in [5.74, 6) is 0.596. The molecule has 5 aromatic carbocycles. The van der Waals surface area contributed by atoms with Crippen LogP contribution < -0.4 is 10.1 Å². The van der Waals surface area contributed by atoms with Gasteiger partial charge in [0.2, 0.25) is 5.90 Å². The first kappa shape index (κ1) is 34.0. The Morgan fingerprint density at radius 3 is 2.14 bits per heavy atom. The fourth-order valence-corrected chi connectivity index (χ4v) is 6.35. The summed E-state index contributed by atoms with van der Waals surface area (Å²) in [5, 5.41) is 16.3. The predicted molar refractivity (Wildman–Crippen MR) is 194 cm³/mol. The molecule has 9 heteroatoms. The number of benzene rings is 5. The molecule has 0 unspecified atom stereocenters. The van der Waals surface area contributed by atoms with Crippen molar-refractivity contribution < 1.29 is 19.4 Å². The largest absolute Gasteiger partial charge is 0.494 e.